The highest BCUT2D eigenvalue weighted by molar-refractivity contribution is 5.85. The SMILES string of the molecule is CCOc1ccc([C@H]2[C@H](C(=O)NCCc3ccccn3)CCC(=O)N2CC)cc1. The summed E-state index contributed by atoms with van der Waals surface area (Å²) in [5.74, 6) is 0.613. The van der Waals surface area contributed by atoms with E-state index in [2.05, 4.69) is 10.3 Å². The standard InChI is InChI=1S/C23H29N3O3/c1-3-26-21(27)13-12-20(22(26)17-8-10-19(11-9-17)29-4-2)23(28)25-16-14-18-7-5-6-15-24-18/h5-11,15,20,22H,3-4,12-14,16H2,1-2H3,(H,25,28)/t20-,22+/m1/s1. The molecule has 3 rings (SSSR count). The van der Waals surface area contributed by atoms with Crippen LogP contribution >= 0.6 is 0 Å². The molecule has 1 aliphatic rings. The lowest BCUT2D eigenvalue weighted by Gasteiger charge is -2.40. The molecule has 2 aromatic rings. The molecule has 2 amide bonds. The van der Waals surface area contributed by atoms with Gasteiger partial charge in [-0.25, -0.2) is 0 Å². The second-order valence-electron chi connectivity index (χ2n) is 7.13. The van der Waals surface area contributed by atoms with E-state index >= 15 is 0 Å². The second kappa shape index (κ2) is 10.0. The van der Waals surface area contributed by atoms with Crippen LogP contribution in [0.2, 0.25) is 0 Å². The number of nitrogens with zero attached hydrogens (tertiary/aromatic N) is 2. The first-order valence-corrected chi connectivity index (χ1v) is 10.3. The summed E-state index contributed by atoms with van der Waals surface area (Å²) in [6.07, 6.45) is 3.40. The Bertz CT molecular complexity index is 808. The molecule has 29 heavy (non-hydrogen) atoms. The van der Waals surface area contributed by atoms with Gasteiger partial charge >= 0.3 is 0 Å². The van der Waals surface area contributed by atoms with Crippen LogP contribution in [0.25, 0.3) is 0 Å². The highest BCUT2D eigenvalue weighted by Crippen LogP contribution is 2.37. The summed E-state index contributed by atoms with van der Waals surface area (Å²) < 4.78 is 5.53. The van der Waals surface area contributed by atoms with E-state index in [1.54, 1.807) is 6.20 Å². The summed E-state index contributed by atoms with van der Waals surface area (Å²) >= 11 is 0. The van der Waals surface area contributed by atoms with Gasteiger partial charge in [-0.05, 0) is 50.1 Å². The smallest absolute Gasteiger partial charge is 0.225 e. The topological polar surface area (TPSA) is 71.5 Å². The first-order chi connectivity index (χ1) is 14.1. The average Bonchev–Trinajstić information content (AvgIpc) is 2.75. The quantitative estimate of drug-likeness (QED) is 0.745. The summed E-state index contributed by atoms with van der Waals surface area (Å²) in [5.41, 5.74) is 1.91. The summed E-state index contributed by atoms with van der Waals surface area (Å²) in [5, 5.41) is 3.05. The molecular formula is C23H29N3O3. The van der Waals surface area contributed by atoms with Gasteiger partial charge in [0.2, 0.25) is 11.8 Å². The van der Waals surface area contributed by atoms with Crippen LogP contribution in [0.1, 0.15) is 44.0 Å². The highest BCUT2D eigenvalue weighted by Gasteiger charge is 2.39. The molecule has 1 fully saturated rings. The Balaban J connectivity index is 1.73. The third-order valence-corrected chi connectivity index (χ3v) is 5.32. The number of aromatic nitrogens is 1. The van der Waals surface area contributed by atoms with Gasteiger partial charge in [-0.3, -0.25) is 14.6 Å². The van der Waals surface area contributed by atoms with Crippen molar-refractivity contribution in [3.8, 4) is 5.75 Å². The van der Waals surface area contributed by atoms with E-state index in [1.165, 1.54) is 0 Å². The van der Waals surface area contributed by atoms with E-state index < -0.39 is 0 Å². The number of piperidine rings is 1. The first-order valence-electron chi connectivity index (χ1n) is 10.3. The Labute approximate surface area is 172 Å². The largest absolute Gasteiger partial charge is 0.494 e. The van der Waals surface area contributed by atoms with Crippen molar-refractivity contribution in [2.75, 3.05) is 19.7 Å². The third kappa shape index (κ3) is 5.13. The molecule has 0 bridgehead atoms. The van der Waals surface area contributed by atoms with Gasteiger partial charge in [0, 0.05) is 37.8 Å². The minimum Gasteiger partial charge on any atom is -0.494 e. The molecule has 0 saturated carbocycles. The molecule has 1 aliphatic heterocycles. The molecule has 2 atom stereocenters. The number of rotatable bonds is 8. The fraction of sp³-hybridized carbons (Fsp3) is 0.435. The molecular weight excluding hydrogens is 366 g/mol. The van der Waals surface area contributed by atoms with Crippen molar-refractivity contribution in [2.24, 2.45) is 5.92 Å². The van der Waals surface area contributed by atoms with Gasteiger partial charge in [0.05, 0.1) is 18.6 Å². The van der Waals surface area contributed by atoms with Gasteiger partial charge in [-0.1, -0.05) is 18.2 Å². The minimum atomic E-state index is -0.269. The molecule has 0 unspecified atom stereocenters. The molecule has 0 radical (unpaired) electrons. The lowest BCUT2D eigenvalue weighted by molar-refractivity contribution is -0.143. The fourth-order valence-electron chi connectivity index (χ4n) is 3.93. The summed E-state index contributed by atoms with van der Waals surface area (Å²) in [7, 11) is 0. The van der Waals surface area contributed by atoms with E-state index in [9.17, 15) is 9.59 Å². The molecule has 1 N–H and O–H groups in total. The number of hydrogen-bond acceptors (Lipinski definition) is 4. The van der Waals surface area contributed by atoms with Crippen molar-refractivity contribution in [1.29, 1.82) is 0 Å². The van der Waals surface area contributed by atoms with Crippen molar-refractivity contribution < 1.29 is 14.3 Å². The van der Waals surface area contributed by atoms with E-state index in [-0.39, 0.29) is 23.8 Å². The van der Waals surface area contributed by atoms with Crippen molar-refractivity contribution >= 4 is 11.8 Å². The first kappa shape index (κ1) is 20.8. The molecule has 154 valence electrons. The summed E-state index contributed by atoms with van der Waals surface area (Å²) in [6, 6.07) is 13.2. The highest BCUT2D eigenvalue weighted by atomic mass is 16.5. The van der Waals surface area contributed by atoms with Gasteiger partial charge in [0.15, 0.2) is 0 Å². The Morgan fingerprint density at radius 3 is 2.66 bits per heavy atom. The Morgan fingerprint density at radius 2 is 2.00 bits per heavy atom. The molecule has 2 heterocycles. The number of ether oxygens (including phenoxy) is 1. The summed E-state index contributed by atoms with van der Waals surface area (Å²) in [6.45, 7) is 5.61. The molecule has 1 aromatic carbocycles. The van der Waals surface area contributed by atoms with Crippen LogP contribution < -0.4 is 10.1 Å². The van der Waals surface area contributed by atoms with Crippen molar-refractivity contribution in [3.63, 3.8) is 0 Å². The van der Waals surface area contributed by atoms with E-state index in [0.717, 1.165) is 17.0 Å². The van der Waals surface area contributed by atoms with Crippen molar-refractivity contribution in [2.45, 2.75) is 39.2 Å². The van der Waals surface area contributed by atoms with Gasteiger partial charge in [-0.15, -0.1) is 0 Å². The predicted molar refractivity (Wildman–Crippen MR) is 111 cm³/mol. The number of carbonyl (C=O) groups excluding carboxylic acids is 2. The summed E-state index contributed by atoms with van der Waals surface area (Å²) in [4.78, 5) is 31.6. The van der Waals surface area contributed by atoms with Crippen LogP contribution in [0.4, 0.5) is 0 Å². The average molecular weight is 396 g/mol. The maximum Gasteiger partial charge on any atom is 0.225 e. The van der Waals surface area contributed by atoms with Crippen LogP contribution in [0.5, 0.6) is 5.75 Å². The van der Waals surface area contributed by atoms with Crippen LogP contribution in [-0.4, -0.2) is 41.4 Å². The molecule has 1 saturated heterocycles. The lowest BCUT2D eigenvalue weighted by atomic mass is 9.83. The number of carbonyl (C=O) groups is 2. The van der Waals surface area contributed by atoms with Gasteiger partial charge in [-0.2, -0.15) is 0 Å². The maximum absolute atomic E-state index is 13.0. The van der Waals surface area contributed by atoms with E-state index in [4.69, 9.17) is 4.74 Å². The van der Waals surface area contributed by atoms with E-state index in [0.29, 0.717) is 39.0 Å². The Hall–Kier alpha value is -2.89. The van der Waals surface area contributed by atoms with E-state index in [1.807, 2.05) is 61.2 Å². The Morgan fingerprint density at radius 1 is 1.21 bits per heavy atom. The van der Waals surface area contributed by atoms with Gasteiger partial charge < -0.3 is 15.0 Å². The number of benzene rings is 1. The minimum absolute atomic E-state index is 0.00855. The predicted octanol–water partition coefficient (Wildman–Crippen LogP) is 3.14. The number of amides is 2. The third-order valence-electron chi connectivity index (χ3n) is 5.32. The van der Waals surface area contributed by atoms with Crippen molar-refractivity contribution in [3.05, 3.63) is 59.9 Å². The monoisotopic (exact) mass is 395 g/mol. The zero-order chi connectivity index (χ0) is 20.6. The lowest BCUT2D eigenvalue weighted by Crippen LogP contribution is -2.48. The number of hydrogen-bond donors (Lipinski definition) is 1. The Kier molecular flexibility index (Phi) is 7.22. The van der Waals surface area contributed by atoms with Crippen LogP contribution in [-0.2, 0) is 16.0 Å². The van der Waals surface area contributed by atoms with Crippen LogP contribution in [0.3, 0.4) is 0 Å². The normalized spacial score (nSPS) is 19.1. The number of likely N-dealkylation sites (tertiary alicyclic amines) is 1. The van der Waals surface area contributed by atoms with Gasteiger partial charge in [0.25, 0.3) is 0 Å². The van der Waals surface area contributed by atoms with Crippen LogP contribution in [0.15, 0.2) is 48.7 Å². The van der Waals surface area contributed by atoms with Gasteiger partial charge in [0.1, 0.15) is 5.75 Å². The maximum atomic E-state index is 13.0. The number of nitrogens with one attached hydrogen (secondary N) is 1. The van der Waals surface area contributed by atoms with Crippen LogP contribution in [0, 0.1) is 5.92 Å². The van der Waals surface area contributed by atoms with Crippen molar-refractivity contribution in [1.82, 2.24) is 15.2 Å². The molecule has 1 aromatic heterocycles. The fourth-order valence-corrected chi connectivity index (χ4v) is 3.93. The zero-order valence-corrected chi connectivity index (χ0v) is 17.1. The second-order valence-corrected chi connectivity index (χ2v) is 7.13. The molecule has 6 heteroatoms. The number of pyridine rings is 1. The zero-order valence-electron chi connectivity index (χ0n) is 17.1. The molecule has 6 nitrogen and oxygen atoms in total. The molecule has 0 spiro atoms. The molecule has 0 aliphatic carbocycles.